The van der Waals surface area contributed by atoms with Gasteiger partial charge in [-0.1, -0.05) is 23.5 Å². The summed E-state index contributed by atoms with van der Waals surface area (Å²) >= 11 is 1.25. The average Bonchev–Trinajstić information content (AvgIpc) is 3.13. The molecule has 0 radical (unpaired) electrons. The quantitative estimate of drug-likeness (QED) is 0.708. The van der Waals surface area contributed by atoms with Crippen LogP contribution in [-0.2, 0) is 6.54 Å². The maximum atomic E-state index is 12.4. The predicted octanol–water partition coefficient (Wildman–Crippen LogP) is 2.48. The van der Waals surface area contributed by atoms with E-state index in [1.807, 2.05) is 19.9 Å². The van der Waals surface area contributed by atoms with Crippen molar-refractivity contribution in [2.24, 2.45) is 0 Å². The molecule has 0 unspecified atom stereocenters. The Hall–Kier alpha value is -3.20. The molecule has 2 amide bonds. The van der Waals surface area contributed by atoms with Gasteiger partial charge in [0.1, 0.15) is 5.01 Å². The lowest BCUT2D eigenvalue weighted by atomic mass is 10.1. The molecule has 0 bridgehead atoms. The van der Waals surface area contributed by atoms with Crippen LogP contribution in [0.4, 0.5) is 11.1 Å². The molecule has 1 N–H and O–H groups in total. The third kappa shape index (κ3) is 2.93. The summed E-state index contributed by atoms with van der Waals surface area (Å²) in [5, 5.41) is 12.2. The number of nitrogens with zero attached hydrogens (tertiary/aromatic N) is 5. The molecular formula is C17H14N6O2S. The minimum Gasteiger partial charge on any atom is -0.299 e. The summed E-state index contributed by atoms with van der Waals surface area (Å²) in [6.07, 6.45) is 0. The summed E-state index contributed by atoms with van der Waals surface area (Å²) in [7, 11) is 0. The number of benzene rings is 1. The van der Waals surface area contributed by atoms with E-state index in [0.29, 0.717) is 27.2 Å². The molecule has 130 valence electrons. The van der Waals surface area contributed by atoms with E-state index < -0.39 is 0 Å². The minimum absolute atomic E-state index is 0.0827. The van der Waals surface area contributed by atoms with Crippen molar-refractivity contribution in [3.8, 4) is 0 Å². The molecule has 3 aromatic rings. The third-order valence-corrected chi connectivity index (χ3v) is 4.66. The Morgan fingerprint density at radius 1 is 1.00 bits per heavy atom. The first-order valence-electron chi connectivity index (χ1n) is 7.88. The highest BCUT2D eigenvalue weighted by Gasteiger charge is 2.35. The molecule has 4 rings (SSSR count). The molecule has 8 nitrogen and oxygen atoms in total. The highest BCUT2D eigenvalue weighted by molar-refractivity contribution is 7.15. The molecular weight excluding hydrogens is 352 g/mol. The normalized spacial score (nSPS) is 13.2. The van der Waals surface area contributed by atoms with Crippen molar-refractivity contribution in [2.75, 3.05) is 5.32 Å². The Kier molecular flexibility index (Phi) is 3.92. The fourth-order valence-electron chi connectivity index (χ4n) is 2.76. The molecule has 26 heavy (non-hydrogen) atoms. The Balaban J connectivity index is 1.51. The van der Waals surface area contributed by atoms with E-state index in [1.165, 1.54) is 16.2 Å². The molecule has 0 aliphatic carbocycles. The van der Waals surface area contributed by atoms with Crippen LogP contribution in [0.1, 0.15) is 37.1 Å². The van der Waals surface area contributed by atoms with E-state index in [-0.39, 0.29) is 18.4 Å². The van der Waals surface area contributed by atoms with Gasteiger partial charge >= 0.3 is 0 Å². The number of aromatic nitrogens is 4. The van der Waals surface area contributed by atoms with Crippen LogP contribution >= 0.6 is 11.3 Å². The van der Waals surface area contributed by atoms with Gasteiger partial charge in [-0.2, -0.15) is 0 Å². The molecule has 9 heteroatoms. The van der Waals surface area contributed by atoms with Gasteiger partial charge in [-0.15, -0.1) is 10.2 Å². The molecule has 0 saturated heterocycles. The molecule has 0 atom stereocenters. The number of rotatable bonds is 4. The number of fused-ring (bicyclic) bond motifs is 1. The van der Waals surface area contributed by atoms with Gasteiger partial charge in [0.15, 0.2) is 0 Å². The van der Waals surface area contributed by atoms with Crippen molar-refractivity contribution in [3.63, 3.8) is 0 Å². The maximum Gasteiger partial charge on any atom is 0.261 e. The SMILES string of the molecule is Cc1cc(C)nc(Nc2nnc(CN3C(=O)c4ccccc4C3=O)s2)n1. The molecule has 0 fully saturated rings. The number of hydrogen-bond donors (Lipinski definition) is 1. The van der Waals surface area contributed by atoms with E-state index >= 15 is 0 Å². The maximum absolute atomic E-state index is 12.4. The van der Waals surface area contributed by atoms with Crippen molar-refractivity contribution in [2.45, 2.75) is 20.4 Å². The van der Waals surface area contributed by atoms with Crippen molar-refractivity contribution in [3.05, 3.63) is 57.9 Å². The zero-order chi connectivity index (χ0) is 18.3. The highest BCUT2D eigenvalue weighted by atomic mass is 32.1. The number of amides is 2. The highest BCUT2D eigenvalue weighted by Crippen LogP contribution is 2.26. The molecule has 0 saturated carbocycles. The Morgan fingerprint density at radius 3 is 2.23 bits per heavy atom. The van der Waals surface area contributed by atoms with Crippen LogP contribution in [0.2, 0.25) is 0 Å². The van der Waals surface area contributed by atoms with Crippen molar-refractivity contribution in [1.82, 2.24) is 25.1 Å². The molecule has 0 spiro atoms. The second-order valence-electron chi connectivity index (χ2n) is 5.84. The van der Waals surface area contributed by atoms with Gasteiger partial charge in [-0.05, 0) is 32.0 Å². The standard InChI is InChI=1S/C17H14N6O2S/c1-9-7-10(2)19-16(18-9)20-17-22-21-13(26-17)8-23-14(24)11-5-3-4-6-12(11)15(23)25/h3-7H,8H2,1-2H3,(H,18,19,20,22). The van der Waals surface area contributed by atoms with Crippen LogP contribution < -0.4 is 5.32 Å². The summed E-state index contributed by atoms with van der Waals surface area (Å²) in [6.45, 7) is 3.85. The fourth-order valence-corrected chi connectivity index (χ4v) is 3.49. The first-order valence-corrected chi connectivity index (χ1v) is 8.70. The number of carbonyl (C=O) groups is 2. The summed E-state index contributed by atoms with van der Waals surface area (Å²) in [5.41, 5.74) is 2.53. The molecule has 1 aliphatic rings. The van der Waals surface area contributed by atoms with E-state index in [0.717, 1.165) is 11.4 Å². The van der Waals surface area contributed by atoms with Crippen LogP contribution in [0.15, 0.2) is 30.3 Å². The zero-order valence-electron chi connectivity index (χ0n) is 14.1. The lowest BCUT2D eigenvalue weighted by Crippen LogP contribution is -2.29. The molecule has 3 heterocycles. The topological polar surface area (TPSA) is 101 Å². The predicted molar refractivity (Wildman–Crippen MR) is 95.3 cm³/mol. The van der Waals surface area contributed by atoms with Gasteiger partial charge in [-0.3, -0.25) is 19.8 Å². The summed E-state index contributed by atoms with van der Waals surface area (Å²) in [6, 6.07) is 8.66. The van der Waals surface area contributed by atoms with Crippen LogP contribution in [0, 0.1) is 13.8 Å². The molecule has 1 aliphatic heterocycles. The van der Waals surface area contributed by atoms with Gasteiger partial charge in [0.2, 0.25) is 11.1 Å². The van der Waals surface area contributed by atoms with Crippen LogP contribution in [0.25, 0.3) is 0 Å². The largest absolute Gasteiger partial charge is 0.299 e. The van der Waals surface area contributed by atoms with Crippen molar-refractivity contribution >= 4 is 34.2 Å². The van der Waals surface area contributed by atoms with Crippen molar-refractivity contribution in [1.29, 1.82) is 0 Å². The second-order valence-corrected chi connectivity index (χ2v) is 6.90. The first kappa shape index (κ1) is 16.3. The first-order chi connectivity index (χ1) is 12.5. The van der Waals surface area contributed by atoms with E-state index in [9.17, 15) is 9.59 Å². The Morgan fingerprint density at radius 2 is 1.62 bits per heavy atom. The molecule has 2 aromatic heterocycles. The average molecular weight is 366 g/mol. The number of aryl methyl sites for hydroxylation is 2. The van der Waals surface area contributed by atoms with Gasteiger partial charge in [0, 0.05) is 11.4 Å². The van der Waals surface area contributed by atoms with E-state index in [4.69, 9.17) is 0 Å². The smallest absolute Gasteiger partial charge is 0.261 e. The van der Waals surface area contributed by atoms with Crippen LogP contribution in [-0.4, -0.2) is 36.9 Å². The van der Waals surface area contributed by atoms with Crippen molar-refractivity contribution < 1.29 is 9.59 Å². The van der Waals surface area contributed by atoms with E-state index in [1.54, 1.807) is 24.3 Å². The van der Waals surface area contributed by atoms with E-state index in [2.05, 4.69) is 25.5 Å². The summed E-state index contributed by atoms with van der Waals surface area (Å²) < 4.78 is 0. The molecule has 1 aromatic carbocycles. The van der Waals surface area contributed by atoms with Gasteiger partial charge < -0.3 is 0 Å². The van der Waals surface area contributed by atoms with Crippen LogP contribution in [0.3, 0.4) is 0 Å². The van der Waals surface area contributed by atoms with Gasteiger partial charge in [0.25, 0.3) is 11.8 Å². The zero-order valence-corrected chi connectivity index (χ0v) is 14.9. The number of anilines is 2. The lowest BCUT2D eigenvalue weighted by Gasteiger charge is -2.10. The number of carbonyl (C=O) groups excluding carboxylic acids is 2. The second kappa shape index (κ2) is 6.26. The number of hydrogen-bond acceptors (Lipinski definition) is 8. The minimum atomic E-state index is -0.312. The summed E-state index contributed by atoms with van der Waals surface area (Å²) in [5.74, 6) is -0.188. The number of nitrogens with one attached hydrogen (secondary N) is 1. The van der Waals surface area contributed by atoms with Gasteiger partial charge in [-0.25, -0.2) is 9.97 Å². The Labute approximate surface area is 152 Å². The van der Waals surface area contributed by atoms with Gasteiger partial charge in [0.05, 0.1) is 17.7 Å². The monoisotopic (exact) mass is 366 g/mol. The Bertz CT molecular complexity index is 976. The van der Waals surface area contributed by atoms with Crippen LogP contribution in [0.5, 0.6) is 0 Å². The summed E-state index contributed by atoms with van der Waals surface area (Å²) in [4.78, 5) is 34.6. The lowest BCUT2D eigenvalue weighted by molar-refractivity contribution is 0.0642. The third-order valence-electron chi connectivity index (χ3n) is 3.84. The number of imide groups is 1. The fraction of sp³-hybridized carbons (Fsp3) is 0.176.